The van der Waals surface area contributed by atoms with Gasteiger partial charge in [-0.25, -0.2) is 0 Å². The van der Waals surface area contributed by atoms with Gasteiger partial charge in [-0.1, -0.05) is 32.9 Å². The summed E-state index contributed by atoms with van der Waals surface area (Å²) < 4.78 is 0. The Hall–Kier alpha value is -0.300. The normalized spacial score (nSPS) is 18.5. The SMILES string of the molecule is CC.CCN1CCC=CCC1. The highest BCUT2D eigenvalue weighted by atomic mass is 15.1. The Labute approximate surface area is 71.1 Å². The minimum atomic E-state index is 1.21. The molecule has 66 valence electrons. The Morgan fingerprint density at radius 3 is 1.91 bits per heavy atom. The van der Waals surface area contributed by atoms with Crippen LogP contribution in [-0.2, 0) is 0 Å². The van der Waals surface area contributed by atoms with Crippen molar-refractivity contribution in [2.45, 2.75) is 33.6 Å². The van der Waals surface area contributed by atoms with Gasteiger partial charge in [0.15, 0.2) is 0 Å². The third kappa shape index (κ3) is 5.02. The fourth-order valence-corrected chi connectivity index (χ4v) is 1.18. The molecule has 1 heterocycles. The molecule has 1 rings (SSSR count). The lowest BCUT2D eigenvalue weighted by Crippen LogP contribution is -2.23. The van der Waals surface area contributed by atoms with Gasteiger partial charge in [0.05, 0.1) is 0 Å². The van der Waals surface area contributed by atoms with Gasteiger partial charge in [0.2, 0.25) is 0 Å². The summed E-state index contributed by atoms with van der Waals surface area (Å²) >= 11 is 0. The maximum Gasteiger partial charge on any atom is 0.00159 e. The van der Waals surface area contributed by atoms with E-state index in [1.54, 1.807) is 0 Å². The molecule has 0 aliphatic carbocycles. The molecule has 0 aromatic carbocycles. The van der Waals surface area contributed by atoms with Crippen LogP contribution >= 0.6 is 0 Å². The van der Waals surface area contributed by atoms with E-state index < -0.39 is 0 Å². The van der Waals surface area contributed by atoms with Crippen LogP contribution in [0.5, 0.6) is 0 Å². The molecule has 0 saturated heterocycles. The standard InChI is InChI=1S/C8H15N.C2H6/c1-2-9-7-5-3-4-6-8-9;1-2/h3-4H,2,5-8H2,1H3;1-2H3. The largest absolute Gasteiger partial charge is 0.303 e. The Morgan fingerprint density at radius 1 is 1.09 bits per heavy atom. The Morgan fingerprint density at radius 2 is 1.55 bits per heavy atom. The van der Waals surface area contributed by atoms with Crippen LogP contribution in [0, 0.1) is 0 Å². The summed E-state index contributed by atoms with van der Waals surface area (Å²) in [6.07, 6.45) is 7.06. The molecule has 0 amide bonds. The highest BCUT2D eigenvalue weighted by Gasteiger charge is 2.00. The summed E-state index contributed by atoms with van der Waals surface area (Å²) in [6, 6.07) is 0. The first-order valence-corrected chi connectivity index (χ1v) is 4.81. The van der Waals surface area contributed by atoms with Gasteiger partial charge >= 0.3 is 0 Å². The quantitative estimate of drug-likeness (QED) is 0.526. The van der Waals surface area contributed by atoms with E-state index in [0.717, 1.165) is 0 Å². The molecule has 11 heavy (non-hydrogen) atoms. The van der Waals surface area contributed by atoms with Gasteiger partial charge in [0.25, 0.3) is 0 Å². The molecule has 0 bridgehead atoms. The van der Waals surface area contributed by atoms with Crippen molar-refractivity contribution < 1.29 is 0 Å². The monoisotopic (exact) mass is 155 g/mol. The summed E-state index contributed by atoms with van der Waals surface area (Å²) in [4.78, 5) is 2.49. The molecule has 1 nitrogen and oxygen atoms in total. The van der Waals surface area contributed by atoms with Gasteiger partial charge in [0.1, 0.15) is 0 Å². The van der Waals surface area contributed by atoms with Gasteiger partial charge in [-0.3, -0.25) is 0 Å². The van der Waals surface area contributed by atoms with E-state index in [9.17, 15) is 0 Å². The van der Waals surface area contributed by atoms with E-state index in [2.05, 4.69) is 24.0 Å². The van der Waals surface area contributed by atoms with Crippen molar-refractivity contribution in [2.24, 2.45) is 0 Å². The van der Waals surface area contributed by atoms with E-state index in [1.807, 2.05) is 13.8 Å². The van der Waals surface area contributed by atoms with Crippen molar-refractivity contribution in [3.8, 4) is 0 Å². The van der Waals surface area contributed by atoms with Gasteiger partial charge in [-0.2, -0.15) is 0 Å². The van der Waals surface area contributed by atoms with E-state index >= 15 is 0 Å². The number of hydrogen-bond donors (Lipinski definition) is 0. The zero-order chi connectivity index (χ0) is 8.53. The smallest absolute Gasteiger partial charge is 0.00159 e. The molecule has 1 aliphatic rings. The molecular weight excluding hydrogens is 134 g/mol. The summed E-state index contributed by atoms with van der Waals surface area (Å²) in [6.45, 7) is 9.95. The third-order valence-corrected chi connectivity index (χ3v) is 1.84. The highest BCUT2D eigenvalue weighted by molar-refractivity contribution is 4.86. The molecule has 0 radical (unpaired) electrons. The van der Waals surface area contributed by atoms with Crippen LogP contribution in [0.4, 0.5) is 0 Å². The zero-order valence-corrected chi connectivity index (χ0v) is 8.14. The summed E-state index contributed by atoms with van der Waals surface area (Å²) in [7, 11) is 0. The molecule has 0 saturated carbocycles. The maximum absolute atomic E-state index is 2.49. The summed E-state index contributed by atoms with van der Waals surface area (Å²) in [5, 5.41) is 0. The van der Waals surface area contributed by atoms with Crippen LogP contribution in [-0.4, -0.2) is 24.5 Å². The molecular formula is C10H21N. The van der Waals surface area contributed by atoms with Crippen molar-refractivity contribution in [1.82, 2.24) is 4.90 Å². The van der Waals surface area contributed by atoms with Crippen molar-refractivity contribution in [3.05, 3.63) is 12.2 Å². The number of rotatable bonds is 1. The second-order valence-electron chi connectivity index (χ2n) is 2.48. The van der Waals surface area contributed by atoms with Crippen molar-refractivity contribution >= 4 is 0 Å². The first-order valence-electron chi connectivity index (χ1n) is 4.81. The van der Waals surface area contributed by atoms with Gasteiger partial charge in [0, 0.05) is 13.1 Å². The van der Waals surface area contributed by atoms with Crippen molar-refractivity contribution in [1.29, 1.82) is 0 Å². The van der Waals surface area contributed by atoms with Gasteiger partial charge in [-0.15, -0.1) is 0 Å². The highest BCUT2D eigenvalue weighted by Crippen LogP contribution is 2.00. The first-order chi connectivity index (χ1) is 5.43. The van der Waals surface area contributed by atoms with Crippen LogP contribution in [0.15, 0.2) is 12.2 Å². The summed E-state index contributed by atoms with van der Waals surface area (Å²) in [5.41, 5.74) is 0. The lowest BCUT2D eigenvalue weighted by atomic mass is 10.4. The van der Waals surface area contributed by atoms with Crippen molar-refractivity contribution in [2.75, 3.05) is 19.6 Å². The average molecular weight is 155 g/mol. The summed E-state index contributed by atoms with van der Waals surface area (Å²) in [5.74, 6) is 0. The van der Waals surface area contributed by atoms with Crippen LogP contribution in [0.25, 0.3) is 0 Å². The van der Waals surface area contributed by atoms with E-state index in [1.165, 1.54) is 32.5 Å². The molecule has 1 heteroatoms. The molecule has 0 fully saturated rings. The first kappa shape index (κ1) is 10.7. The van der Waals surface area contributed by atoms with Crippen LogP contribution < -0.4 is 0 Å². The number of hydrogen-bond acceptors (Lipinski definition) is 1. The molecule has 0 atom stereocenters. The molecule has 0 aromatic rings. The van der Waals surface area contributed by atoms with Gasteiger partial charge in [-0.05, 0) is 19.4 Å². The Balaban J connectivity index is 0.000000461. The molecule has 0 aromatic heterocycles. The van der Waals surface area contributed by atoms with Crippen LogP contribution in [0.1, 0.15) is 33.6 Å². The minimum absolute atomic E-state index is 1.21. The second kappa shape index (κ2) is 7.80. The van der Waals surface area contributed by atoms with Crippen LogP contribution in [0.2, 0.25) is 0 Å². The fraction of sp³-hybridized carbons (Fsp3) is 0.800. The van der Waals surface area contributed by atoms with Crippen molar-refractivity contribution in [3.63, 3.8) is 0 Å². The second-order valence-corrected chi connectivity index (χ2v) is 2.48. The average Bonchev–Trinajstić information content (AvgIpc) is 2.35. The molecule has 0 unspecified atom stereocenters. The maximum atomic E-state index is 2.49. The van der Waals surface area contributed by atoms with E-state index in [0.29, 0.717) is 0 Å². The minimum Gasteiger partial charge on any atom is -0.303 e. The topological polar surface area (TPSA) is 3.24 Å². The van der Waals surface area contributed by atoms with E-state index in [4.69, 9.17) is 0 Å². The fourth-order valence-electron chi connectivity index (χ4n) is 1.18. The lowest BCUT2D eigenvalue weighted by Gasteiger charge is -2.15. The third-order valence-electron chi connectivity index (χ3n) is 1.84. The van der Waals surface area contributed by atoms with Crippen LogP contribution in [0.3, 0.4) is 0 Å². The molecule has 0 N–H and O–H groups in total. The Kier molecular flexibility index (Phi) is 7.59. The van der Waals surface area contributed by atoms with Gasteiger partial charge < -0.3 is 4.90 Å². The molecule has 1 aliphatic heterocycles. The Bertz CT molecular complexity index is 87.0. The zero-order valence-electron chi connectivity index (χ0n) is 8.14. The predicted molar refractivity (Wildman–Crippen MR) is 51.8 cm³/mol. The predicted octanol–water partition coefficient (Wildman–Crippen LogP) is 2.68. The van der Waals surface area contributed by atoms with E-state index in [-0.39, 0.29) is 0 Å². The molecule has 0 spiro atoms. The lowest BCUT2D eigenvalue weighted by molar-refractivity contribution is 0.305. The number of nitrogens with zero attached hydrogens (tertiary/aromatic N) is 1.